The smallest absolute Gasteiger partial charge is 0.330 e. The van der Waals surface area contributed by atoms with Crippen molar-refractivity contribution in [1.29, 1.82) is 0 Å². The molecule has 1 saturated carbocycles. The summed E-state index contributed by atoms with van der Waals surface area (Å²) < 4.78 is 21.4. The molecule has 2 aliphatic rings. The lowest BCUT2D eigenvalue weighted by Crippen LogP contribution is -2.46. The standard InChI is InChI=1S/C30H35Cl2FN2O5/c1-3-18(2)28(30(38)39)35(17-36)29(37)22-13-21(20-7-8-20)27(14-26(22)33)40-16-19-9-11-34(12-10-19)15-23-24(31)5-4-6-25(23)32/h3-6,13-14,19-20,28,36H,7-12,15-17H2,1-2H3,(H,38,39)/b18-3+/t28-/m0/s1. The van der Waals surface area contributed by atoms with Crippen molar-refractivity contribution in [3.8, 4) is 5.75 Å². The number of carbonyl (C=O) groups is 2. The zero-order chi connectivity index (χ0) is 29.0. The normalized spacial score (nSPS) is 17.5. The highest BCUT2D eigenvalue weighted by Gasteiger charge is 2.35. The van der Waals surface area contributed by atoms with Crippen LogP contribution < -0.4 is 4.74 Å². The number of benzene rings is 2. The van der Waals surface area contributed by atoms with E-state index in [2.05, 4.69) is 4.90 Å². The van der Waals surface area contributed by atoms with E-state index in [0.29, 0.717) is 40.4 Å². The van der Waals surface area contributed by atoms with E-state index in [4.69, 9.17) is 27.9 Å². The van der Waals surface area contributed by atoms with Crippen molar-refractivity contribution in [2.24, 2.45) is 5.92 Å². The molecule has 0 bridgehead atoms. The molecule has 1 aliphatic heterocycles. The molecule has 10 heteroatoms. The fraction of sp³-hybridized carbons (Fsp3) is 0.467. The molecule has 7 nitrogen and oxygen atoms in total. The first-order valence-electron chi connectivity index (χ1n) is 13.5. The lowest BCUT2D eigenvalue weighted by molar-refractivity contribution is -0.142. The van der Waals surface area contributed by atoms with Gasteiger partial charge in [0.2, 0.25) is 0 Å². The highest BCUT2D eigenvalue weighted by molar-refractivity contribution is 6.35. The van der Waals surface area contributed by atoms with E-state index in [9.17, 15) is 19.8 Å². The van der Waals surface area contributed by atoms with Gasteiger partial charge in [-0.1, -0.05) is 35.3 Å². The van der Waals surface area contributed by atoms with Gasteiger partial charge in [0.1, 0.15) is 18.3 Å². The number of hydrogen-bond acceptors (Lipinski definition) is 5. The Labute approximate surface area is 244 Å². The SMILES string of the molecule is C/C=C(\C)[C@@H](C(=O)O)N(CO)C(=O)c1cc(C2CC2)c(OCC2CCN(Cc3c(Cl)cccc3Cl)CC2)cc1F. The minimum absolute atomic E-state index is 0.152. The average molecular weight is 594 g/mol. The largest absolute Gasteiger partial charge is 0.493 e. The monoisotopic (exact) mass is 592 g/mol. The molecule has 1 atom stereocenters. The third-order valence-corrected chi connectivity index (χ3v) is 8.53. The number of rotatable bonds is 11. The second-order valence-electron chi connectivity index (χ2n) is 10.6. The molecular weight excluding hydrogens is 558 g/mol. The predicted molar refractivity (Wildman–Crippen MR) is 152 cm³/mol. The number of ether oxygens (including phenoxy) is 1. The molecule has 2 aromatic rings. The maximum absolute atomic E-state index is 15.3. The summed E-state index contributed by atoms with van der Waals surface area (Å²) in [5.41, 5.74) is 1.75. The van der Waals surface area contributed by atoms with Crippen molar-refractivity contribution in [2.45, 2.75) is 58.0 Å². The number of aliphatic carboxylic acids is 1. The maximum atomic E-state index is 15.3. The number of likely N-dealkylation sites (tertiary alicyclic amines) is 1. The Morgan fingerprint density at radius 1 is 1.18 bits per heavy atom. The van der Waals surface area contributed by atoms with Crippen molar-refractivity contribution in [3.05, 3.63) is 74.5 Å². The van der Waals surface area contributed by atoms with E-state index in [-0.39, 0.29) is 11.5 Å². The van der Waals surface area contributed by atoms with Gasteiger partial charge >= 0.3 is 5.97 Å². The summed E-state index contributed by atoms with van der Waals surface area (Å²) in [5.74, 6) is -2.14. The van der Waals surface area contributed by atoms with Crippen LogP contribution in [0.15, 0.2) is 42.0 Å². The van der Waals surface area contributed by atoms with Gasteiger partial charge in [0.15, 0.2) is 6.04 Å². The molecule has 0 radical (unpaired) electrons. The molecule has 2 aromatic carbocycles. The molecule has 1 heterocycles. The third kappa shape index (κ3) is 6.97. The van der Waals surface area contributed by atoms with E-state index in [1.807, 2.05) is 18.2 Å². The van der Waals surface area contributed by atoms with Crippen LogP contribution >= 0.6 is 23.2 Å². The minimum Gasteiger partial charge on any atom is -0.493 e. The van der Waals surface area contributed by atoms with Gasteiger partial charge in [-0.25, -0.2) is 9.18 Å². The number of carboxylic acids is 1. The Morgan fingerprint density at radius 2 is 1.82 bits per heavy atom. The van der Waals surface area contributed by atoms with Crippen molar-refractivity contribution in [3.63, 3.8) is 0 Å². The van der Waals surface area contributed by atoms with Crippen LogP contribution in [0.1, 0.15) is 66.9 Å². The number of piperidine rings is 1. The highest BCUT2D eigenvalue weighted by Crippen LogP contribution is 2.45. The first kappa shape index (κ1) is 30.3. The number of aliphatic hydroxyl groups excluding tert-OH is 1. The van der Waals surface area contributed by atoms with Crippen LogP contribution in [0.3, 0.4) is 0 Å². The van der Waals surface area contributed by atoms with Crippen LogP contribution in [0.2, 0.25) is 10.0 Å². The van der Waals surface area contributed by atoms with Gasteiger partial charge in [0.25, 0.3) is 5.91 Å². The molecule has 216 valence electrons. The molecule has 2 fully saturated rings. The van der Waals surface area contributed by atoms with Crippen LogP contribution in [0.5, 0.6) is 5.75 Å². The summed E-state index contributed by atoms with van der Waals surface area (Å²) in [7, 11) is 0. The number of carbonyl (C=O) groups excluding carboxylic acids is 1. The first-order valence-corrected chi connectivity index (χ1v) is 14.3. The molecule has 0 spiro atoms. The molecule has 40 heavy (non-hydrogen) atoms. The average Bonchev–Trinajstić information content (AvgIpc) is 3.78. The molecule has 1 saturated heterocycles. The van der Waals surface area contributed by atoms with E-state index in [1.165, 1.54) is 12.1 Å². The van der Waals surface area contributed by atoms with E-state index in [1.54, 1.807) is 19.9 Å². The predicted octanol–water partition coefficient (Wildman–Crippen LogP) is 6.11. The molecule has 1 amide bonds. The van der Waals surface area contributed by atoms with Gasteiger partial charge in [-0.05, 0) is 93.8 Å². The topological polar surface area (TPSA) is 90.3 Å². The number of aliphatic hydroxyl groups is 1. The number of amides is 1. The van der Waals surface area contributed by atoms with Crippen molar-refractivity contribution < 1.29 is 28.9 Å². The highest BCUT2D eigenvalue weighted by atomic mass is 35.5. The van der Waals surface area contributed by atoms with Gasteiger partial charge in [0, 0.05) is 28.2 Å². The molecule has 1 aliphatic carbocycles. The van der Waals surface area contributed by atoms with Crippen molar-refractivity contribution in [1.82, 2.24) is 9.80 Å². The van der Waals surface area contributed by atoms with Gasteiger partial charge in [0.05, 0.1) is 12.2 Å². The summed E-state index contributed by atoms with van der Waals surface area (Å²) in [6.45, 7) is 5.16. The Hall–Kier alpha value is -2.65. The van der Waals surface area contributed by atoms with E-state index < -0.39 is 30.5 Å². The minimum atomic E-state index is -1.40. The van der Waals surface area contributed by atoms with Gasteiger partial charge in [-0.3, -0.25) is 14.6 Å². The molecule has 4 rings (SSSR count). The first-order chi connectivity index (χ1) is 19.1. The van der Waals surface area contributed by atoms with Gasteiger partial charge in [-0.2, -0.15) is 0 Å². The molecular formula is C30H35Cl2FN2O5. The number of halogens is 3. The summed E-state index contributed by atoms with van der Waals surface area (Å²) in [6, 6.07) is 6.80. The summed E-state index contributed by atoms with van der Waals surface area (Å²) in [4.78, 5) is 28.2. The number of allylic oxidation sites excluding steroid dienone is 1. The van der Waals surface area contributed by atoms with Crippen molar-refractivity contribution in [2.75, 3.05) is 26.4 Å². The Morgan fingerprint density at radius 3 is 2.38 bits per heavy atom. The fourth-order valence-electron chi connectivity index (χ4n) is 5.15. The zero-order valence-electron chi connectivity index (χ0n) is 22.7. The Kier molecular flexibility index (Phi) is 10.1. The van der Waals surface area contributed by atoms with Crippen LogP contribution in [0.4, 0.5) is 4.39 Å². The molecule has 0 unspecified atom stereocenters. The van der Waals surface area contributed by atoms with Crippen LogP contribution in [-0.4, -0.2) is 64.4 Å². The van der Waals surface area contributed by atoms with Crippen LogP contribution in [0, 0.1) is 11.7 Å². The maximum Gasteiger partial charge on any atom is 0.330 e. The lowest BCUT2D eigenvalue weighted by atomic mass is 9.97. The number of hydrogen-bond donors (Lipinski definition) is 2. The number of carboxylic acid groups (broad SMARTS) is 1. The molecule has 2 N–H and O–H groups in total. The second kappa shape index (κ2) is 13.3. The third-order valence-electron chi connectivity index (χ3n) is 7.82. The molecule has 0 aromatic heterocycles. The summed E-state index contributed by atoms with van der Waals surface area (Å²) >= 11 is 12.7. The fourth-order valence-corrected chi connectivity index (χ4v) is 5.67. The summed E-state index contributed by atoms with van der Waals surface area (Å²) in [5, 5.41) is 20.9. The van der Waals surface area contributed by atoms with Gasteiger partial charge in [-0.15, -0.1) is 0 Å². The van der Waals surface area contributed by atoms with E-state index in [0.717, 1.165) is 54.8 Å². The van der Waals surface area contributed by atoms with Crippen LogP contribution in [0.25, 0.3) is 0 Å². The Bertz CT molecular complexity index is 1250. The lowest BCUT2D eigenvalue weighted by Gasteiger charge is -2.32. The number of nitrogens with zero attached hydrogens (tertiary/aromatic N) is 2. The van der Waals surface area contributed by atoms with Gasteiger partial charge < -0.3 is 14.9 Å². The van der Waals surface area contributed by atoms with E-state index >= 15 is 4.39 Å². The zero-order valence-corrected chi connectivity index (χ0v) is 24.2. The Balaban J connectivity index is 1.43. The quantitative estimate of drug-likeness (QED) is 0.241. The summed E-state index contributed by atoms with van der Waals surface area (Å²) in [6.07, 6.45) is 5.17. The van der Waals surface area contributed by atoms with Crippen molar-refractivity contribution >= 4 is 35.1 Å². The second-order valence-corrected chi connectivity index (χ2v) is 11.4. The van der Waals surface area contributed by atoms with Crippen LogP contribution in [-0.2, 0) is 11.3 Å².